The van der Waals surface area contributed by atoms with Gasteiger partial charge in [-0.15, -0.1) is 11.8 Å². The van der Waals surface area contributed by atoms with Gasteiger partial charge in [-0.2, -0.15) is 0 Å². The topological polar surface area (TPSA) is 15.3 Å². The summed E-state index contributed by atoms with van der Waals surface area (Å²) >= 11 is 7.32. The minimum Gasteiger partial charge on any atom is -0.359 e. The van der Waals surface area contributed by atoms with Crippen LogP contribution < -0.4 is 10.2 Å². The van der Waals surface area contributed by atoms with Crippen LogP contribution in [0.1, 0.15) is 6.92 Å². The molecular formula is C13H16N2S2. The fraction of sp³-hybridized carbons (Fsp3) is 0.308. The average Bonchev–Trinajstić information content (AvgIpc) is 2.35. The number of benzene rings is 1. The van der Waals surface area contributed by atoms with Gasteiger partial charge < -0.3 is 10.2 Å². The molecule has 17 heavy (non-hydrogen) atoms. The summed E-state index contributed by atoms with van der Waals surface area (Å²) in [5.41, 5.74) is 2.30. The molecule has 1 aromatic carbocycles. The van der Waals surface area contributed by atoms with Crippen molar-refractivity contribution < 1.29 is 0 Å². The van der Waals surface area contributed by atoms with Gasteiger partial charge in [-0.3, -0.25) is 0 Å². The summed E-state index contributed by atoms with van der Waals surface area (Å²) in [4.78, 5) is 3.47. The smallest absolute Gasteiger partial charge is 0.173 e. The van der Waals surface area contributed by atoms with E-state index in [9.17, 15) is 0 Å². The van der Waals surface area contributed by atoms with E-state index in [0.717, 1.165) is 29.5 Å². The Kier molecular flexibility index (Phi) is 4.07. The van der Waals surface area contributed by atoms with Gasteiger partial charge in [0.05, 0.1) is 5.69 Å². The van der Waals surface area contributed by atoms with Crippen molar-refractivity contribution in [1.29, 1.82) is 0 Å². The molecule has 2 rings (SSSR count). The van der Waals surface area contributed by atoms with Crippen LogP contribution in [0.5, 0.6) is 0 Å². The monoisotopic (exact) mass is 264 g/mol. The van der Waals surface area contributed by atoms with Crippen molar-refractivity contribution >= 4 is 34.8 Å². The van der Waals surface area contributed by atoms with Crippen molar-refractivity contribution in [2.24, 2.45) is 0 Å². The van der Waals surface area contributed by atoms with E-state index >= 15 is 0 Å². The molecule has 1 aliphatic heterocycles. The summed E-state index contributed by atoms with van der Waals surface area (Å²) in [5, 5.41) is 4.03. The van der Waals surface area contributed by atoms with Gasteiger partial charge in [0.15, 0.2) is 5.11 Å². The maximum Gasteiger partial charge on any atom is 0.173 e. The highest BCUT2D eigenvalue weighted by Crippen LogP contribution is 2.34. The predicted octanol–water partition coefficient (Wildman–Crippen LogP) is 3.05. The molecule has 1 aliphatic rings. The predicted molar refractivity (Wildman–Crippen MR) is 79.9 cm³/mol. The second-order valence-corrected chi connectivity index (χ2v) is 5.61. The molecule has 0 spiro atoms. The zero-order valence-corrected chi connectivity index (χ0v) is 11.5. The zero-order valence-electron chi connectivity index (χ0n) is 9.90. The fourth-order valence-electron chi connectivity index (χ4n) is 1.70. The highest BCUT2D eigenvalue weighted by Gasteiger charge is 2.19. The SMILES string of the molecule is C=C(C)CNC(=S)N1CCSc2ccccc21. The molecule has 1 heterocycles. The van der Waals surface area contributed by atoms with Crippen molar-refractivity contribution in [3.05, 3.63) is 36.4 Å². The van der Waals surface area contributed by atoms with Gasteiger partial charge in [0.2, 0.25) is 0 Å². The first-order chi connectivity index (χ1) is 8.18. The average molecular weight is 264 g/mol. The maximum absolute atomic E-state index is 5.43. The number of nitrogens with zero attached hydrogens (tertiary/aromatic N) is 1. The van der Waals surface area contributed by atoms with Crippen molar-refractivity contribution in [3.63, 3.8) is 0 Å². The molecule has 0 unspecified atom stereocenters. The molecule has 0 saturated carbocycles. The number of hydrogen-bond donors (Lipinski definition) is 1. The minimum atomic E-state index is 0.741. The molecule has 90 valence electrons. The normalized spacial score (nSPS) is 14.1. The molecule has 1 N–H and O–H groups in total. The number of anilines is 1. The Morgan fingerprint density at radius 1 is 1.53 bits per heavy atom. The number of rotatable bonds is 2. The van der Waals surface area contributed by atoms with Crippen LogP contribution in [-0.2, 0) is 0 Å². The summed E-state index contributed by atoms with van der Waals surface area (Å²) in [6.07, 6.45) is 0. The third-order valence-electron chi connectivity index (χ3n) is 2.52. The Morgan fingerprint density at radius 2 is 2.29 bits per heavy atom. The number of para-hydroxylation sites is 1. The van der Waals surface area contributed by atoms with E-state index in [1.165, 1.54) is 10.6 Å². The number of hydrogen-bond acceptors (Lipinski definition) is 2. The first kappa shape index (κ1) is 12.5. The van der Waals surface area contributed by atoms with Gasteiger partial charge in [-0.1, -0.05) is 24.3 Å². The molecule has 0 aromatic heterocycles. The molecule has 0 radical (unpaired) electrons. The van der Waals surface area contributed by atoms with Gasteiger partial charge >= 0.3 is 0 Å². The standard InChI is InChI=1S/C13H16N2S2/c1-10(2)9-14-13(16)15-7-8-17-12-6-4-3-5-11(12)15/h3-6H,1,7-9H2,2H3,(H,14,16). The zero-order chi connectivity index (χ0) is 12.3. The molecule has 0 bridgehead atoms. The number of fused-ring (bicyclic) bond motifs is 1. The van der Waals surface area contributed by atoms with E-state index in [2.05, 4.69) is 41.1 Å². The van der Waals surface area contributed by atoms with Gasteiger partial charge in [0.25, 0.3) is 0 Å². The third-order valence-corrected chi connectivity index (χ3v) is 3.92. The van der Waals surface area contributed by atoms with Crippen LogP contribution in [0.2, 0.25) is 0 Å². The molecule has 0 amide bonds. The Balaban J connectivity index is 2.12. The molecule has 0 aliphatic carbocycles. The molecule has 0 saturated heterocycles. The Morgan fingerprint density at radius 3 is 3.06 bits per heavy atom. The van der Waals surface area contributed by atoms with Crippen LogP contribution in [-0.4, -0.2) is 24.0 Å². The fourth-order valence-corrected chi connectivity index (χ4v) is 2.96. The lowest BCUT2D eigenvalue weighted by atomic mass is 10.3. The van der Waals surface area contributed by atoms with Crippen molar-refractivity contribution in [2.75, 3.05) is 23.7 Å². The van der Waals surface area contributed by atoms with Crippen LogP contribution in [0.3, 0.4) is 0 Å². The number of thiocarbonyl (C=S) groups is 1. The van der Waals surface area contributed by atoms with Crippen molar-refractivity contribution in [2.45, 2.75) is 11.8 Å². The van der Waals surface area contributed by atoms with Gasteiger partial charge in [0, 0.05) is 23.7 Å². The molecule has 2 nitrogen and oxygen atoms in total. The summed E-state index contributed by atoms with van der Waals surface area (Å²) in [6, 6.07) is 8.39. The Bertz CT molecular complexity index is 443. The lowest BCUT2D eigenvalue weighted by molar-refractivity contribution is 0.933. The van der Waals surface area contributed by atoms with Crippen LogP contribution in [0.25, 0.3) is 0 Å². The molecule has 0 atom stereocenters. The quantitative estimate of drug-likeness (QED) is 0.652. The van der Waals surface area contributed by atoms with E-state index in [4.69, 9.17) is 12.2 Å². The van der Waals surface area contributed by atoms with Crippen molar-refractivity contribution in [3.8, 4) is 0 Å². The molecule has 0 fully saturated rings. The summed E-state index contributed by atoms with van der Waals surface area (Å²) in [5.74, 6) is 1.08. The van der Waals surface area contributed by atoms with Crippen LogP contribution >= 0.6 is 24.0 Å². The first-order valence-electron chi connectivity index (χ1n) is 5.60. The maximum atomic E-state index is 5.43. The third kappa shape index (κ3) is 3.01. The number of nitrogens with one attached hydrogen (secondary N) is 1. The molecule has 4 heteroatoms. The lowest BCUT2D eigenvalue weighted by Gasteiger charge is -2.31. The van der Waals surface area contributed by atoms with E-state index in [1.807, 2.05) is 18.7 Å². The van der Waals surface area contributed by atoms with Crippen LogP contribution in [0.15, 0.2) is 41.3 Å². The molecule has 1 aromatic rings. The summed E-state index contributed by atoms with van der Waals surface area (Å²) in [7, 11) is 0. The highest BCUT2D eigenvalue weighted by atomic mass is 32.2. The van der Waals surface area contributed by atoms with E-state index < -0.39 is 0 Å². The Labute approximate surface area is 112 Å². The second kappa shape index (κ2) is 5.56. The largest absolute Gasteiger partial charge is 0.359 e. The van der Waals surface area contributed by atoms with Gasteiger partial charge in [-0.05, 0) is 31.3 Å². The van der Waals surface area contributed by atoms with E-state index in [1.54, 1.807) is 0 Å². The number of thioether (sulfide) groups is 1. The summed E-state index contributed by atoms with van der Waals surface area (Å²) in [6.45, 7) is 7.57. The second-order valence-electron chi connectivity index (χ2n) is 4.08. The van der Waals surface area contributed by atoms with Crippen LogP contribution in [0.4, 0.5) is 5.69 Å². The van der Waals surface area contributed by atoms with E-state index in [-0.39, 0.29) is 0 Å². The van der Waals surface area contributed by atoms with Gasteiger partial charge in [-0.25, -0.2) is 0 Å². The lowest BCUT2D eigenvalue weighted by Crippen LogP contribution is -2.43. The molecular weight excluding hydrogens is 248 g/mol. The minimum absolute atomic E-state index is 0.741. The highest BCUT2D eigenvalue weighted by molar-refractivity contribution is 7.99. The van der Waals surface area contributed by atoms with Gasteiger partial charge in [0.1, 0.15) is 0 Å². The van der Waals surface area contributed by atoms with Crippen molar-refractivity contribution in [1.82, 2.24) is 5.32 Å². The van der Waals surface area contributed by atoms with E-state index in [0.29, 0.717) is 0 Å². The summed E-state index contributed by atoms with van der Waals surface area (Å²) < 4.78 is 0. The first-order valence-corrected chi connectivity index (χ1v) is 6.99. The Hall–Kier alpha value is -1.00. The van der Waals surface area contributed by atoms with Crippen LogP contribution in [0, 0.1) is 0 Å².